The van der Waals surface area contributed by atoms with Gasteiger partial charge in [-0.2, -0.15) is 0 Å². The van der Waals surface area contributed by atoms with E-state index >= 15 is 0 Å². The zero-order valence-electron chi connectivity index (χ0n) is 15.9. The minimum absolute atomic E-state index is 0.292. The van der Waals surface area contributed by atoms with Gasteiger partial charge in [0.2, 0.25) is 0 Å². The molecule has 2 heterocycles. The molecule has 0 bridgehead atoms. The van der Waals surface area contributed by atoms with Gasteiger partial charge >= 0.3 is 0 Å². The lowest BCUT2D eigenvalue weighted by Gasteiger charge is -2.37. The van der Waals surface area contributed by atoms with Gasteiger partial charge in [0.1, 0.15) is 16.9 Å². The fraction of sp³-hybridized carbons (Fsp3) is 0.318. The second-order valence-corrected chi connectivity index (χ2v) is 8.13. The summed E-state index contributed by atoms with van der Waals surface area (Å²) in [5, 5.41) is 13.1. The Morgan fingerprint density at radius 2 is 1.86 bits per heavy atom. The van der Waals surface area contributed by atoms with E-state index in [0.29, 0.717) is 16.3 Å². The zero-order chi connectivity index (χ0) is 19.5. The highest BCUT2D eigenvalue weighted by Crippen LogP contribution is 2.34. The largest absolute Gasteiger partial charge is 0.381 e. The summed E-state index contributed by atoms with van der Waals surface area (Å²) in [6, 6.07) is 13.5. The van der Waals surface area contributed by atoms with Gasteiger partial charge in [-0.3, -0.25) is 4.90 Å². The molecule has 0 aliphatic carbocycles. The van der Waals surface area contributed by atoms with Gasteiger partial charge < -0.3 is 10.0 Å². The maximum atomic E-state index is 14.7. The number of para-hydroxylation sites is 1. The monoisotopic (exact) mass is 397 g/mol. The number of halogens is 1. The van der Waals surface area contributed by atoms with Crippen LogP contribution >= 0.6 is 11.3 Å². The molecule has 1 fully saturated rings. The molecule has 1 aromatic heterocycles. The summed E-state index contributed by atoms with van der Waals surface area (Å²) in [5.41, 5.74) is 3.64. The van der Waals surface area contributed by atoms with Gasteiger partial charge in [0.25, 0.3) is 0 Å². The molecule has 0 spiro atoms. The van der Waals surface area contributed by atoms with Crippen LogP contribution in [0.1, 0.15) is 27.8 Å². The third-order valence-electron chi connectivity index (χ3n) is 5.21. The van der Waals surface area contributed by atoms with Crippen LogP contribution in [0.2, 0.25) is 0 Å². The standard InChI is InChI=1S/C22H24FN3OS/c1-16-5-7-17(8-6-16)15-25-10-12-26(13-11-25)20-18(3-2-4-19(20)23)21(27)22-24-9-14-28-22/h2-9,14,21,27H,10-13,15H2,1H3/t21-/m0/s1. The summed E-state index contributed by atoms with van der Waals surface area (Å²) in [5.74, 6) is -0.292. The number of anilines is 1. The van der Waals surface area contributed by atoms with Gasteiger partial charge in [0, 0.05) is 49.9 Å². The average Bonchev–Trinajstić information content (AvgIpc) is 3.25. The SMILES string of the molecule is Cc1ccc(CN2CCN(c3c(F)cccc3[C@H](O)c3nccs3)CC2)cc1. The average molecular weight is 398 g/mol. The van der Waals surface area contributed by atoms with Crippen molar-refractivity contribution in [2.24, 2.45) is 0 Å². The molecule has 0 amide bonds. The Bertz CT molecular complexity index is 906. The molecule has 1 aliphatic heterocycles. The van der Waals surface area contributed by atoms with Crippen LogP contribution < -0.4 is 4.90 Å². The van der Waals surface area contributed by atoms with Crippen LogP contribution in [0.25, 0.3) is 0 Å². The van der Waals surface area contributed by atoms with Crippen LogP contribution in [0.3, 0.4) is 0 Å². The van der Waals surface area contributed by atoms with E-state index in [1.165, 1.54) is 28.5 Å². The predicted molar refractivity (Wildman–Crippen MR) is 111 cm³/mol. The Labute approximate surface area is 168 Å². The first-order chi connectivity index (χ1) is 13.6. The molecule has 4 rings (SSSR count). The van der Waals surface area contributed by atoms with E-state index in [2.05, 4.69) is 41.1 Å². The van der Waals surface area contributed by atoms with E-state index in [-0.39, 0.29) is 5.82 Å². The number of hydrogen-bond donors (Lipinski definition) is 1. The molecule has 6 heteroatoms. The Morgan fingerprint density at radius 3 is 2.54 bits per heavy atom. The lowest BCUT2D eigenvalue weighted by molar-refractivity contribution is 0.218. The van der Waals surface area contributed by atoms with E-state index in [9.17, 15) is 9.50 Å². The number of aliphatic hydroxyl groups is 1. The predicted octanol–water partition coefficient (Wildman–Crippen LogP) is 3.99. The lowest BCUT2D eigenvalue weighted by atomic mass is 10.0. The molecule has 1 atom stereocenters. The normalized spacial score (nSPS) is 16.3. The number of rotatable bonds is 5. The van der Waals surface area contributed by atoms with Crippen LogP contribution in [0.4, 0.5) is 10.1 Å². The highest BCUT2D eigenvalue weighted by molar-refractivity contribution is 7.09. The topological polar surface area (TPSA) is 39.6 Å². The van der Waals surface area contributed by atoms with Crippen LogP contribution in [0, 0.1) is 12.7 Å². The Hall–Kier alpha value is -2.28. The highest BCUT2D eigenvalue weighted by Gasteiger charge is 2.26. The van der Waals surface area contributed by atoms with Crippen molar-refractivity contribution in [1.29, 1.82) is 0 Å². The van der Waals surface area contributed by atoms with Gasteiger partial charge in [-0.15, -0.1) is 11.3 Å². The van der Waals surface area contributed by atoms with Crippen molar-refractivity contribution in [3.8, 4) is 0 Å². The smallest absolute Gasteiger partial charge is 0.146 e. The molecule has 0 unspecified atom stereocenters. The van der Waals surface area contributed by atoms with Crippen LogP contribution in [-0.2, 0) is 6.54 Å². The molecule has 1 N–H and O–H groups in total. The molecule has 2 aromatic carbocycles. The third kappa shape index (κ3) is 4.09. The number of piperazine rings is 1. The zero-order valence-corrected chi connectivity index (χ0v) is 16.7. The third-order valence-corrected chi connectivity index (χ3v) is 6.04. The minimum Gasteiger partial charge on any atom is -0.381 e. The van der Waals surface area contributed by atoms with E-state index in [1.807, 2.05) is 10.3 Å². The van der Waals surface area contributed by atoms with Gasteiger partial charge in [0.15, 0.2) is 0 Å². The molecule has 28 heavy (non-hydrogen) atoms. The minimum atomic E-state index is -0.906. The lowest BCUT2D eigenvalue weighted by Crippen LogP contribution is -2.46. The van der Waals surface area contributed by atoms with Crippen LogP contribution in [-0.4, -0.2) is 41.2 Å². The quantitative estimate of drug-likeness (QED) is 0.707. The summed E-state index contributed by atoms with van der Waals surface area (Å²) in [7, 11) is 0. The molecule has 4 nitrogen and oxygen atoms in total. The molecule has 1 saturated heterocycles. The first kappa shape index (κ1) is 19.1. The number of benzene rings is 2. The molecule has 146 valence electrons. The molecule has 1 aliphatic rings. The fourth-order valence-electron chi connectivity index (χ4n) is 3.67. The second-order valence-electron chi connectivity index (χ2n) is 7.20. The first-order valence-electron chi connectivity index (χ1n) is 9.50. The number of hydrogen-bond acceptors (Lipinski definition) is 5. The van der Waals surface area contributed by atoms with Crippen molar-refractivity contribution in [1.82, 2.24) is 9.88 Å². The Kier molecular flexibility index (Phi) is 5.71. The summed E-state index contributed by atoms with van der Waals surface area (Å²) >= 11 is 1.38. The summed E-state index contributed by atoms with van der Waals surface area (Å²) in [4.78, 5) is 8.63. The van der Waals surface area contributed by atoms with E-state index in [4.69, 9.17) is 0 Å². The summed E-state index contributed by atoms with van der Waals surface area (Å²) in [6.07, 6.45) is 0.753. The van der Waals surface area contributed by atoms with Gasteiger partial charge in [-0.1, -0.05) is 42.0 Å². The van der Waals surface area contributed by atoms with E-state index in [1.54, 1.807) is 18.3 Å². The van der Waals surface area contributed by atoms with Crippen molar-refractivity contribution in [2.75, 3.05) is 31.1 Å². The first-order valence-corrected chi connectivity index (χ1v) is 10.4. The van der Waals surface area contributed by atoms with E-state index in [0.717, 1.165) is 32.7 Å². The van der Waals surface area contributed by atoms with Gasteiger partial charge in [-0.25, -0.2) is 9.37 Å². The molecule has 0 radical (unpaired) electrons. The maximum absolute atomic E-state index is 14.7. The maximum Gasteiger partial charge on any atom is 0.146 e. The van der Waals surface area contributed by atoms with Crippen LogP contribution in [0.5, 0.6) is 0 Å². The molecular formula is C22H24FN3OS. The molecule has 0 saturated carbocycles. The van der Waals surface area contributed by atoms with Crippen molar-refractivity contribution in [3.05, 3.63) is 81.6 Å². The number of thiazole rings is 1. The van der Waals surface area contributed by atoms with Gasteiger partial charge in [0.05, 0.1) is 5.69 Å². The van der Waals surface area contributed by atoms with Gasteiger partial charge in [-0.05, 0) is 18.6 Å². The second kappa shape index (κ2) is 8.39. The van der Waals surface area contributed by atoms with Crippen molar-refractivity contribution >= 4 is 17.0 Å². The van der Waals surface area contributed by atoms with Crippen molar-refractivity contribution in [2.45, 2.75) is 19.6 Å². The fourth-order valence-corrected chi connectivity index (χ4v) is 4.31. The molecule has 3 aromatic rings. The van der Waals surface area contributed by atoms with Crippen LogP contribution in [0.15, 0.2) is 54.0 Å². The van der Waals surface area contributed by atoms with E-state index < -0.39 is 6.10 Å². The number of aromatic nitrogens is 1. The Morgan fingerprint density at radius 1 is 1.11 bits per heavy atom. The van der Waals surface area contributed by atoms with Crippen molar-refractivity contribution < 1.29 is 9.50 Å². The summed E-state index contributed by atoms with van der Waals surface area (Å²) < 4.78 is 14.7. The molecular weight excluding hydrogens is 373 g/mol. The number of aliphatic hydroxyl groups excluding tert-OH is 1. The highest BCUT2D eigenvalue weighted by atomic mass is 32.1. The number of aryl methyl sites for hydroxylation is 1. The van der Waals surface area contributed by atoms with Crippen molar-refractivity contribution in [3.63, 3.8) is 0 Å². The number of nitrogens with zero attached hydrogens (tertiary/aromatic N) is 3. The Balaban J connectivity index is 1.48. The summed E-state index contributed by atoms with van der Waals surface area (Å²) in [6.45, 7) is 6.16.